The molecule has 0 aliphatic rings. The number of amidine groups is 1. The highest BCUT2D eigenvalue weighted by molar-refractivity contribution is 6.30. The van der Waals surface area contributed by atoms with E-state index in [1.54, 1.807) is 31.2 Å². The maximum atomic E-state index is 11.6. The van der Waals surface area contributed by atoms with Gasteiger partial charge < -0.3 is 16.3 Å². The van der Waals surface area contributed by atoms with Crippen LogP contribution in [0.1, 0.15) is 12.5 Å². The predicted octanol–water partition coefficient (Wildman–Crippen LogP) is 1.38. The van der Waals surface area contributed by atoms with Gasteiger partial charge in [0.15, 0.2) is 0 Å². The highest BCUT2D eigenvalue weighted by Crippen LogP contribution is 2.09. The Morgan fingerprint density at radius 1 is 1.50 bits per heavy atom. The lowest BCUT2D eigenvalue weighted by molar-refractivity contribution is -0.120. The van der Waals surface area contributed by atoms with E-state index in [-0.39, 0.29) is 24.1 Å². The van der Waals surface area contributed by atoms with Gasteiger partial charge in [0.25, 0.3) is 0 Å². The molecule has 18 heavy (non-hydrogen) atoms. The molecule has 0 aliphatic heterocycles. The van der Waals surface area contributed by atoms with E-state index in [0.29, 0.717) is 11.6 Å². The van der Waals surface area contributed by atoms with Crippen molar-refractivity contribution < 1.29 is 10.0 Å². The van der Waals surface area contributed by atoms with Crippen LogP contribution in [0.3, 0.4) is 0 Å². The molecule has 0 radical (unpaired) electrons. The predicted molar refractivity (Wildman–Crippen MR) is 70.7 cm³/mol. The van der Waals surface area contributed by atoms with E-state index in [1.807, 2.05) is 0 Å². The Hall–Kier alpha value is -1.75. The Kier molecular flexibility index (Phi) is 5.45. The topological polar surface area (TPSA) is 87.7 Å². The summed E-state index contributed by atoms with van der Waals surface area (Å²) in [7, 11) is 0. The number of amides is 1. The Labute approximate surface area is 111 Å². The normalized spacial score (nSPS) is 13.1. The molecule has 0 saturated heterocycles. The summed E-state index contributed by atoms with van der Waals surface area (Å²) in [6, 6.07) is 7.08. The van der Waals surface area contributed by atoms with Crippen molar-refractivity contribution in [3.63, 3.8) is 0 Å². The number of hydrogen-bond acceptors (Lipinski definition) is 3. The van der Waals surface area contributed by atoms with Crippen LogP contribution in [0.2, 0.25) is 5.02 Å². The van der Waals surface area contributed by atoms with Crippen LogP contribution in [0.15, 0.2) is 29.4 Å². The van der Waals surface area contributed by atoms with Crippen LogP contribution >= 0.6 is 11.6 Å². The molecule has 5 nitrogen and oxygen atoms in total. The van der Waals surface area contributed by atoms with Gasteiger partial charge >= 0.3 is 0 Å². The van der Waals surface area contributed by atoms with Crippen molar-refractivity contribution in [2.24, 2.45) is 16.8 Å². The third kappa shape index (κ3) is 4.63. The minimum atomic E-state index is -0.204. The minimum absolute atomic E-state index is 0.0989. The van der Waals surface area contributed by atoms with Gasteiger partial charge in [0.2, 0.25) is 5.91 Å². The largest absolute Gasteiger partial charge is 0.409 e. The second-order valence-electron chi connectivity index (χ2n) is 4.03. The summed E-state index contributed by atoms with van der Waals surface area (Å²) in [5, 5.41) is 14.7. The van der Waals surface area contributed by atoms with Gasteiger partial charge in [-0.15, -0.1) is 0 Å². The number of nitrogens with one attached hydrogen (secondary N) is 1. The van der Waals surface area contributed by atoms with Crippen LogP contribution in [0.25, 0.3) is 0 Å². The van der Waals surface area contributed by atoms with E-state index in [1.165, 1.54) is 0 Å². The fourth-order valence-electron chi connectivity index (χ4n) is 1.32. The van der Waals surface area contributed by atoms with Crippen LogP contribution in [-0.2, 0) is 11.2 Å². The average molecular weight is 270 g/mol. The fourth-order valence-corrected chi connectivity index (χ4v) is 1.45. The zero-order valence-corrected chi connectivity index (χ0v) is 10.8. The minimum Gasteiger partial charge on any atom is -0.409 e. The number of rotatable bonds is 5. The standard InChI is InChI=1S/C12H16ClN3O2/c1-8(12(14)16-18)7-15-11(17)6-9-2-4-10(13)5-3-9/h2-5,8,18H,6-7H2,1H3,(H2,14,16)(H,15,17). The van der Waals surface area contributed by atoms with Crippen LogP contribution in [0.5, 0.6) is 0 Å². The number of benzene rings is 1. The van der Waals surface area contributed by atoms with Crippen molar-refractivity contribution in [3.8, 4) is 0 Å². The smallest absolute Gasteiger partial charge is 0.224 e. The van der Waals surface area contributed by atoms with Crippen LogP contribution in [0.4, 0.5) is 0 Å². The molecule has 0 aromatic heterocycles. The summed E-state index contributed by atoms with van der Waals surface area (Å²) in [4.78, 5) is 11.6. The number of carbonyl (C=O) groups excluding carboxylic acids is 1. The summed E-state index contributed by atoms with van der Waals surface area (Å²) in [5.74, 6) is -0.221. The van der Waals surface area contributed by atoms with Crippen molar-refractivity contribution in [2.75, 3.05) is 6.54 Å². The molecular weight excluding hydrogens is 254 g/mol. The third-order valence-electron chi connectivity index (χ3n) is 2.50. The van der Waals surface area contributed by atoms with E-state index in [4.69, 9.17) is 22.5 Å². The third-order valence-corrected chi connectivity index (χ3v) is 2.76. The maximum absolute atomic E-state index is 11.6. The Morgan fingerprint density at radius 3 is 2.67 bits per heavy atom. The molecule has 1 unspecified atom stereocenters. The summed E-state index contributed by atoms with van der Waals surface area (Å²) in [6.07, 6.45) is 0.278. The Bertz CT molecular complexity index is 431. The molecule has 6 heteroatoms. The summed E-state index contributed by atoms with van der Waals surface area (Å²) in [5.41, 5.74) is 6.29. The summed E-state index contributed by atoms with van der Waals surface area (Å²) in [6.45, 7) is 2.10. The molecule has 1 aromatic rings. The van der Waals surface area contributed by atoms with Crippen LogP contribution in [-0.4, -0.2) is 23.5 Å². The zero-order chi connectivity index (χ0) is 13.5. The highest BCUT2D eigenvalue weighted by atomic mass is 35.5. The molecular formula is C12H16ClN3O2. The molecule has 0 heterocycles. The van der Waals surface area contributed by atoms with Gasteiger partial charge in [-0.25, -0.2) is 0 Å². The van der Waals surface area contributed by atoms with Gasteiger partial charge in [0.05, 0.1) is 6.42 Å². The molecule has 4 N–H and O–H groups in total. The van der Waals surface area contributed by atoms with Gasteiger partial charge in [0.1, 0.15) is 5.84 Å². The van der Waals surface area contributed by atoms with Gasteiger partial charge in [-0.3, -0.25) is 4.79 Å². The second-order valence-corrected chi connectivity index (χ2v) is 4.47. The van der Waals surface area contributed by atoms with Gasteiger partial charge in [-0.2, -0.15) is 0 Å². The quantitative estimate of drug-likeness (QED) is 0.327. The Balaban J connectivity index is 2.40. The van der Waals surface area contributed by atoms with E-state index in [2.05, 4.69) is 10.5 Å². The number of halogens is 1. The number of nitrogens with two attached hydrogens (primary N) is 1. The molecule has 0 bridgehead atoms. The number of hydrogen-bond donors (Lipinski definition) is 3. The van der Waals surface area contributed by atoms with Crippen molar-refractivity contribution in [1.29, 1.82) is 0 Å². The molecule has 0 aliphatic carbocycles. The zero-order valence-electron chi connectivity index (χ0n) is 10.1. The molecule has 1 aromatic carbocycles. The number of nitrogens with zero attached hydrogens (tertiary/aromatic N) is 1. The first-order valence-corrected chi connectivity index (χ1v) is 5.89. The van der Waals surface area contributed by atoms with E-state index >= 15 is 0 Å². The van der Waals surface area contributed by atoms with Crippen molar-refractivity contribution in [1.82, 2.24) is 5.32 Å². The number of carbonyl (C=O) groups is 1. The molecule has 1 rings (SSSR count). The first-order valence-electron chi connectivity index (χ1n) is 5.51. The van der Waals surface area contributed by atoms with E-state index in [9.17, 15) is 4.79 Å². The van der Waals surface area contributed by atoms with Gasteiger partial charge in [-0.05, 0) is 17.7 Å². The van der Waals surface area contributed by atoms with Crippen molar-refractivity contribution >= 4 is 23.3 Å². The first-order chi connectivity index (χ1) is 8.52. The van der Waals surface area contributed by atoms with Gasteiger partial charge in [0, 0.05) is 17.5 Å². The second kappa shape index (κ2) is 6.86. The maximum Gasteiger partial charge on any atom is 0.224 e. The highest BCUT2D eigenvalue weighted by Gasteiger charge is 2.09. The van der Waals surface area contributed by atoms with Crippen molar-refractivity contribution in [3.05, 3.63) is 34.9 Å². The van der Waals surface area contributed by atoms with Crippen LogP contribution in [0, 0.1) is 5.92 Å². The van der Waals surface area contributed by atoms with Crippen LogP contribution < -0.4 is 11.1 Å². The molecule has 0 fully saturated rings. The van der Waals surface area contributed by atoms with E-state index < -0.39 is 0 Å². The lowest BCUT2D eigenvalue weighted by Gasteiger charge is -2.11. The number of oxime groups is 1. The fraction of sp³-hybridized carbons (Fsp3) is 0.333. The molecule has 98 valence electrons. The Morgan fingerprint density at radius 2 is 2.11 bits per heavy atom. The molecule has 1 amide bonds. The molecule has 0 spiro atoms. The lowest BCUT2D eigenvalue weighted by atomic mass is 10.1. The van der Waals surface area contributed by atoms with E-state index in [0.717, 1.165) is 5.56 Å². The monoisotopic (exact) mass is 269 g/mol. The molecule has 1 atom stereocenters. The molecule has 0 saturated carbocycles. The summed E-state index contributed by atoms with van der Waals surface area (Å²) >= 11 is 5.75. The first kappa shape index (κ1) is 14.3. The van der Waals surface area contributed by atoms with Gasteiger partial charge in [-0.1, -0.05) is 35.8 Å². The SMILES string of the molecule is CC(CNC(=O)Cc1ccc(Cl)cc1)C(N)=NO. The average Bonchev–Trinajstić information content (AvgIpc) is 2.37. The lowest BCUT2D eigenvalue weighted by Crippen LogP contribution is -2.35. The van der Waals surface area contributed by atoms with Crippen molar-refractivity contribution in [2.45, 2.75) is 13.3 Å². The summed E-state index contributed by atoms with van der Waals surface area (Å²) < 4.78 is 0.